The predicted molar refractivity (Wildman–Crippen MR) is 190 cm³/mol. The van der Waals surface area contributed by atoms with Gasteiger partial charge in [-0.05, 0) is 41.5 Å². The van der Waals surface area contributed by atoms with Crippen molar-refractivity contribution in [1.29, 1.82) is 0 Å². The van der Waals surface area contributed by atoms with Gasteiger partial charge in [-0.25, -0.2) is 27.9 Å². The number of nitrogens with zero attached hydrogens (tertiary/aromatic N) is 7. The second-order valence-electron chi connectivity index (χ2n) is 14.9. The molecular weight excluding hydrogens is 720 g/mol. The summed E-state index contributed by atoms with van der Waals surface area (Å²) in [6, 6.07) is 4.02. The third-order valence-corrected chi connectivity index (χ3v) is 11.6. The minimum absolute atomic E-state index is 0.0109. The Labute approximate surface area is 304 Å². The van der Waals surface area contributed by atoms with Crippen molar-refractivity contribution in [3.8, 4) is 11.4 Å². The number of nitrogens with one attached hydrogen (secondary N) is 1. The first-order chi connectivity index (χ1) is 24.3. The molecule has 1 saturated heterocycles. The van der Waals surface area contributed by atoms with Crippen LogP contribution in [-0.4, -0.2) is 97.9 Å². The molecule has 2 amide bonds. The first kappa shape index (κ1) is 37.1. The maximum atomic E-state index is 15.2. The van der Waals surface area contributed by atoms with E-state index in [1.807, 2.05) is 39.8 Å². The average Bonchev–Trinajstić information content (AvgIpc) is 3.78. The van der Waals surface area contributed by atoms with Crippen molar-refractivity contribution in [2.24, 2.45) is 21.6 Å². The number of aliphatic imine (C=N–C) groups is 1. The Morgan fingerprint density at radius 1 is 1.25 bits per heavy atom. The van der Waals surface area contributed by atoms with Gasteiger partial charge in [-0.2, -0.15) is 19.0 Å². The van der Waals surface area contributed by atoms with E-state index in [2.05, 4.69) is 20.3 Å². The molecule has 1 aromatic carbocycles. The number of ether oxygens (including phenoxy) is 1. The monoisotopic (exact) mass is 759 g/mol. The number of aromatic amines is 1. The number of alkyl halides is 2. The molecular formula is C34H40ClF2N9O5S. The van der Waals surface area contributed by atoms with Gasteiger partial charge in [0.15, 0.2) is 27.2 Å². The van der Waals surface area contributed by atoms with E-state index in [9.17, 15) is 22.0 Å². The zero-order valence-corrected chi connectivity index (χ0v) is 30.8. The fraction of sp³-hybridized carbons (Fsp3) is 0.471. The number of rotatable bonds is 10. The van der Waals surface area contributed by atoms with Crippen LogP contribution in [0.1, 0.15) is 64.3 Å². The summed E-state index contributed by atoms with van der Waals surface area (Å²) in [7, 11) is -3.34. The maximum absolute atomic E-state index is 15.2. The summed E-state index contributed by atoms with van der Waals surface area (Å²) in [5.74, 6) is -0.143. The molecule has 6 rings (SSSR count). The van der Waals surface area contributed by atoms with Crippen LogP contribution < -0.4 is 5.73 Å². The number of carbonyl (C=O) groups is 2. The highest BCUT2D eigenvalue weighted by Gasteiger charge is 2.60. The number of aromatic nitrogens is 5. The van der Waals surface area contributed by atoms with E-state index < -0.39 is 56.0 Å². The highest BCUT2D eigenvalue weighted by Crippen LogP contribution is 2.52. The molecule has 1 unspecified atom stereocenters. The number of allylic oxidation sites excluding steroid dienone is 3. The molecule has 3 atom stereocenters. The number of sulfone groups is 1. The number of H-pyrrole nitrogens is 1. The number of guanidine groups is 1. The van der Waals surface area contributed by atoms with Crippen LogP contribution in [0.4, 0.5) is 13.6 Å². The molecule has 0 saturated carbocycles. The second-order valence-corrected chi connectivity index (χ2v) is 17.6. The molecule has 3 aliphatic rings. The van der Waals surface area contributed by atoms with Gasteiger partial charge in [-0.3, -0.25) is 14.8 Å². The second kappa shape index (κ2) is 13.4. The van der Waals surface area contributed by atoms with Gasteiger partial charge in [0.2, 0.25) is 0 Å². The molecule has 2 aromatic heterocycles. The lowest BCUT2D eigenvalue weighted by Crippen LogP contribution is -2.57. The van der Waals surface area contributed by atoms with Crippen molar-refractivity contribution in [3.05, 3.63) is 71.3 Å². The SMILES string of the molecule is CC(C)(C)C[C@]1(C2(C)C=CC(c3cnn(C(F)F)c3)=CC2)N=C(N)N([C@H](COC(=O)N2CC(S(C)(=O)=O)C2)c2ccc(Cl)c(-c3ncn[nH]3)c2)C1=O. The molecule has 18 heteroatoms. The summed E-state index contributed by atoms with van der Waals surface area (Å²) in [6.45, 7) is 4.73. The normalized spacial score (nSPS) is 23.1. The van der Waals surface area contributed by atoms with Crippen LogP contribution in [0.3, 0.4) is 0 Å². The number of likely N-dealkylation sites (tertiary alicyclic amines) is 1. The summed E-state index contributed by atoms with van der Waals surface area (Å²) in [5, 5.41) is 10.1. The highest BCUT2D eigenvalue weighted by molar-refractivity contribution is 7.91. The molecule has 0 radical (unpaired) electrons. The first-order valence-electron chi connectivity index (χ1n) is 16.5. The Kier molecular flexibility index (Phi) is 9.57. The van der Waals surface area contributed by atoms with Gasteiger partial charge in [-0.1, -0.05) is 63.6 Å². The van der Waals surface area contributed by atoms with Crippen LogP contribution in [0.2, 0.25) is 5.02 Å². The Morgan fingerprint density at radius 2 is 1.98 bits per heavy atom. The first-order valence-corrected chi connectivity index (χ1v) is 18.8. The molecule has 278 valence electrons. The standard InChI is InChI=1S/C34H40ClF2N9O5S/c1-32(2,3)18-34(33(4)10-8-20(9-11-33)22-13-41-45(14-22)29(36)37)28(47)46(30(38)42-34)26(17-51-31(48)44-15-23(16-44)52(5,49)50)21-6-7-25(35)24(12-21)27-39-19-40-43-27/h6-10,12-14,19,23,26,29H,11,15-18H2,1-5H3,(H2,38,42)(H,39,40,43)/t26-,33?,34+/m1/s1. The lowest BCUT2D eigenvalue weighted by Gasteiger charge is -2.45. The molecule has 14 nitrogen and oxygen atoms in total. The molecule has 1 fully saturated rings. The molecule has 4 heterocycles. The third kappa shape index (κ3) is 6.95. The minimum atomic E-state index is -3.34. The van der Waals surface area contributed by atoms with Gasteiger partial charge in [0.05, 0.1) is 22.5 Å². The molecule has 52 heavy (non-hydrogen) atoms. The van der Waals surface area contributed by atoms with Crippen molar-refractivity contribution in [1.82, 2.24) is 34.8 Å². The summed E-state index contributed by atoms with van der Waals surface area (Å²) in [4.78, 5) is 40.1. The highest BCUT2D eigenvalue weighted by atomic mass is 35.5. The van der Waals surface area contributed by atoms with Crippen LogP contribution in [0, 0.1) is 10.8 Å². The minimum Gasteiger partial charge on any atom is -0.447 e. The quantitative estimate of drug-likeness (QED) is 0.287. The largest absolute Gasteiger partial charge is 0.447 e. The molecule has 0 spiro atoms. The van der Waals surface area contributed by atoms with Crippen molar-refractivity contribution in [2.45, 2.75) is 63.9 Å². The van der Waals surface area contributed by atoms with E-state index in [1.165, 1.54) is 28.5 Å². The van der Waals surface area contributed by atoms with Gasteiger partial charge >= 0.3 is 12.6 Å². The van der Waals surface area contributed by atoms with Crippen molar-refractivity contribution in [3.63, 3.8) is 0 Å². The fourth-order valence-electron chi connectivity index (χ4n) is 6.89. The van der Waals surface area contributed by atoms with Crippen LogP contribution in [0.15, 0.2) is 60.1 Å². The van der Waals surface area contributed by atoms with Crippen LogP contribution in [-0.2, 0) is 19.4 Å². The number of benzene rings is 1. The van der Waals surface area contributed by atoms with E-state index in [-0.39, 0.29) is 32.1 Å². The van der Waals surface area contributed by atoms with Gasteiger partial charge in [-0.15, -0.1) is 0 Å². The van der Waals surface area contributed by atoms with E-state index in [1.54, 1.807) is 24.3 Å². The Bertz CT molecular complexity index is 2070. The van der Waals surface area contributed by atoms with Gasteiger partial charge in [0, 0.05) is 42.1 Å². The number of carbonyl (C=O) groups excluding carboxylic acids is 2. The van der Waals surface area contributed by atoms with Crippen molar-refractivity contribution in [2.75, 3.05) is 26.0 Å². The Balaban J connectivity index is 1.36. The zero-order chi connectivity index (χ0) is 37.8. The Morgan fingerprint density at radius 3 is 2.56 bits per heavy atom. The van der Waals surface area contributed by atoms with Crippen LogP contribution in [0.5, 0.6) is 0 Å². The van der Waals surface area contributed by atoms with Crippen LogP contribution >= 0.6 is 11.6 Å². The fourth-order valence-corrected chi connectivity index (χ4v) is 8.00. The molecule has 3 N–H and O–H groups in total. The summed E-state index contributed by atoms with van der Waals surface area (Å²) in [5.41, 5.74) is 6.08. The summed E-state index contributed by atoms with van der Waals surface area (Å²) in [6.07, 6.45) is 10.4. The third-order valence-electron chi connectivity index (χ3n) is 9.80. The topological polar surface area (TPSA) is 182 Å². The van der Waals surface area contributed by atoms with Crippen molar-refractivity contribution >= 4 is 45.0 Å². The number of hydrogen-bond acceptors (Lipinski definition) is 10. The van der Waals surface area contributed by atoms with E-state index in [0.29, 0.717) is 44.2 Å². The molecule has 1 aliphatic carbocycles. The lowest BCUT2D eigenvalue weighted by molar-refractivity contribution is -0.138. The van der Waals surface area contributed by atoms with E-state index in [0.717, 1.165) is 6.26 Å². The molecule has 3 aromatic rings. The summed E-state index contributed by atoms with van der Waals surface area (Å²) >= 11 is 6.55. The van der Waals surface area contributed by atoms with Crippen LogP contribution in [0.25, 0.3) is 17.0 Å². The van der Waals surface area contributed by atoms with E-state index >= 15 is 4.79 Å². The summed E-state index contributed by atoms with van der Waals surface area (Å²) < 4.78 is 56.7. The van der Waals surface area contributed by atoms with E-state index in [4.69, 9.17) is 27.1 Å². The van der Waals surface area contributed by atoms with Gasteiger partial charge in [0.25, 0.3) is 5.91 Å². The molecule has 2 aliphatic heterocycles. The Hall–Kier alpha value is -4.64. The smallest absolute Gasteiger partial charge is 0.409 e. The lowest BCUT2D eigenvalue weighted by atomic mass is 9.61. The number of halogens is 3. The van der Waals surface area contributed by atoms with Gasteiger partial charge in [0.1, 0.15) is 12.9 Å². The van der Waals surface area contributed by atoms with Crippen molar-refractivity contribution < 1.29 is 31.5 Å². The predicted octanol–water partition coefficient (Wildman–Crippen LogP) is 5.00. The zero-order valence-electron chi connectivity index (χ0n) is 29.3. The van der Waals surface area contributed by atoms with Gasteiger partial charge < -0.3 is 15.4 Å². The number of hydrogen-bond donors (Lipinski definition) is 2. The number of amides is 2. The number of nitrogens with two attached hydrogens (primary N) is 1. The average molecular weight is 760 g/mol. The maximum Gasteiger partial charge on any atom is 0.409 e. The molecule has 0 bridgehead atoms.